The minimum atomic E-state index is -2.63. The van der Waals surface area contributed by atoms with E-state index in [0.717, 1.165) is 36.8 Å². The Balaban J connectivity index is 2.83. The van der Waals surface area contributed by atoms with Crippen LogP contribution in [0.3, 0.4) is 0 Å². The molecule has 0 aromatic heterocycles. The fourth-order valence-electron chi connectivity index (χ4n) is 5.24. The maximum absolute atomic E-state index is 14.2. The molecule has 2 atom stereocenters. The molecular weight excluding hydrogens is 528 g/mol. The van der Waals surface area contributed by atoms with Gasteiger partial charge in [0.1, 0.15) is 0 Å². The molecule has 2 aromatic rings. The lowest BCUT2D eigenvalue weighted by atomic mass is 9.71. The van der Waals surface area contributed by atoms with Crippen LogP contribution in [0.5, 0.6) is 0 Å². The second kappa shape index (κ2) is 15.0. The first kappa shape index (κ1) is 35.9. The number of hydrogen-bond acceptors (Lipinski definition) is 6. The molecule has 0 amide bonds. The maximum Gasteiger partial charge on any atom is 0.347 e. The number of benzene rings is 2. The first-order valence-corrected chi connectivity index (χ1v) is 15.7. The average Bonchev–Trinajstić information content (AvgIpc) is 2.95. The predicted molar refractivity (Wildman–Crippen MR) is 170 cm³/mol. The van der Waals surface area contributed by atoms with Crippen molar-refractivity contribution < 1.29 is 29.2 Å². The van der Waals surface area contributed by atoms with Crippen LogP contribution in [0.4, 0.5) is 0 Å². The zero-order chi connectivity index (χ0) is 31.8. The van der Waals surface area contributed by atoms with Gasteiger partial charge < -0.3 is 24.4 Å². The van der Waals surface area contributed by atoms with Gasteiger partial charge in [-0.3, -0.25) is 0 Å². The normalized spacial score (nSPS) is 15.0. The van der Waals surface area contributed by atoms with Crippen molar-refractivity contribution in [1.29, 1.82) is 0 Å². The van der Waals surface area contributed by atoms with Gasteiger partial charge in [0, 0.05) is 13.2 Å². The van der Waals surface area contributed by atoms with Crippen LogP contribution in [0.25, 0.3) is 0 Å². The van der Waals surface area contributed by atoms with Gasteiger partial charge in [-0.1, -0.05) is 123 Å². The molecule has 6 nitrogen and oxygen atoms in total. The summed E-state index contributed by atoms with van der Waals surface area (Å²) in [5.41, 5.74) is -2.39. The number of rotatable bonds is 15. The van der Waals surface area contributed by atoms with Gasteiger partial charge >= 0.3 is 5.97 Å². The van der Waals surface area contributed by atoms with Crippen molar-refractivity contribution in [3.05, 3.63) is 70.8 Å². The molecule has 2 N–H and O–H groups in total. The molecule has 236 valence electrons. The summed E-state index contributed by atoms with van der Waals surface area (Å²) in [7, 11) is 0. The zero-order valence-corrected chi connectivity index (χ0v) is 27.8. The molecule has 0 heterocycles. The van der Waals surface area contributed by atoms with E-state index in [2.05, 4.69) is 55.4 Å². The fourth-order valence-corrected chi connectivity index (χ4v) is 5.24. The van der Waals surface area contributed by atoms with Gasteiger partial charge in [0.05, 0.1) is 6.61 Å². The molecule has 0 radical (unpaired) electrons. The van der Waals surface area contributed by atoms with Crippen LogP contribution in [-0.2, 0) is 35.4 Å². The first-order chi connectivity index (χ1) is 19.6. The van der Waals surface area contributed by atoms with Crippen LogP contribution in [0.1, 0.15) is 117 Å². The van der Waals surface area contributed by atoms with E-state index in [1.54, 1.807) is 38.1 Å². The van der Waals surface area contributed by atoms with Crippen LogP contribution < -0.4 is 0 Å². The number of carbonyl (C=O) groups excluding carboxylic acids is 1. The number of hydrogen-bond donors (Lipinski definition) is 2. The largest absolute Gasteiger partial charge is 0.463 e. The van der Waals surface area contributed by atoms with E-state index in [9.17, 15) is 15.0 Å². The first-order valence-electron chi connectivity index (χ1n) is 15.7. The maximum atomic E-state index is 14.2. The second-order valence-corrected chi connectivity index (χ2v) is 13.4. The molecule has 42 heavy (non-hydrogen) atoms. The number of carbonyl (C=O) groups is 1. The summed E-state index contributed by atoms with van der Waals surface area (Å²) >= 11 is 0. The Labute approximate surface area is 254 Å². The number of ether oxygens (including phenoxy) is 3. The smallest absolute Gasteiger partial charge is 0.347 e. The summed E-state index contributed by atoms with van der Waals surface area (Å²) in [4.78, 5) is 14.2. The monoisotopic (exact) mass is 584 g/mol. The van der Waals surface area contributed by atoms with Crippen LogP contribution in [-0.4, -0.2) is 47.9 Å². The van der Waals surface area contributed by atoms with E-state index >= 15 is 0 Å². The Morgan fingerprint density at radius 1 is 0.714 bits per heavy atom. The van der Waals surface area contributed by atoms with Crippen LogP contribution >= 0.6 is 0 Å². The van der Waals surface area contributed by atoms with Crippen molar-refractivity contribution in [1.82, 2.24) is 0 Å². The number of unbranched alkanes of at least 4 members (excludes halogenated alkanes) is 1. The summed E-state index contributed by atoms with van der Waals surface area (Å²) in [6.07, 6.45) is 2.31. The Kier molecular flexibility index (Phi) is 12.8. The number of aliphatic hydroxyl groups is 2. The molecule has 2 rings (SSSR count). The van der Waals surface area contributed by atoms with Gasteiger partial charge in [0.25, 0.3) is 5.60 Å². The molecule has 0 saturated carbocycles. The molecule has 0 aliphatic rings. The van der Waals surface area contributed by atoms with E-state index < -0.39 is 23.5 Å². The van der Waals surface area contributed by atoms with Crippen LogP contribution in [0.15, 0.2) is 48.5 Å². The lowest BCUT2D eigenvalue weighted by molar-refractivity contribution is -0.284. The van der Waals surface area contributed by atoms with Gasteiger partial charge in [0.2, 0.25) is 6.29 Å². The predicted octanol–water partition coefficient (Wildman–Crippen LogP) is 7.41. The third-order valence-corrected chi connectivity index (χ3v) is 8.17. The highest BCUT2D eigenvalue weighted by atomic mass is 16.7. The Morgan fingerprint density at radius 2 is 1.12 bits per heavy atom. The average molecular weight is 585 g/mol. The topological polar surface area (TPSA) is 85.2 Å². The van der Waals surface area contributed by atoms with E-state index in [-0.39, 0.29) is 36.6 Å². The van der Waals surface area contributed by atoms with E-state index in [4.69, 9.17) is 14.2 Å². The Hall–Kier alpha value is -2.25. The van der Waals surface area contributed by atoms with Gasteiger partial charge in [0.15, 0.2) is 5.60 Å². The quantitative estimate of drug-likeness (QED) is 0.168. The molecule has 0 fully saturated rings. The summed E-state index contributed by atoms with van der Waals surface area (Å²) in [5, 5.41) is 25.6. The molecule has 0 saturated heterocycles. The highest BCUT2D eigenvalue weighted by Crippen LogP contribution is 2.45. The third-order valence-electron chi connectivity index (χ3n) is 8.17. The minimum absolute atomic E-state index is 0.130. The lowest BCUT2D eigenvalue weighted by Gasteiger charge is -2.45. The molecular formula is C36H56O6. The molecule has 2 unspecified atom stereocenters. The van der Waals surface area contributed by atoms with Crippen molar-refractivity contribution >= 4 is 5.97 Å². The third kappa shape index (κ3) is 8.02. The molecule has 0 aliphatic carbocycles. The van der Waals surface area contributed by atoms with Crippen LogP contribution in [0.2, 0.25) is 0 Å². The summed E-state index contributed by atoms with van der Waals surface area (Å²) in [5.74, 6) is -0.840. The van der Waals surface area contributed by atoms with Crippen molar-refractivity contribution in [2.24, 2.45) is 5.92 Å². The van der Waals surface area contributed by atoms with Crippen molar-refractivity contribution in [3.63, 3.8) is 0 Å². The fraction of sp³-hybridized carbons (Fsp3) is 0.639. The van der Waals surface area contributed by atoms with Crippen molar-refractivity contribution in [2.45, 2.75) is 123 Å². The van der Waals surface area contributed by atoms with Gasteiger partial charge in [-0.05, 0) is 59.3 Å². The van der Waals surface area contributed by atoms with E-state index in [0.29, 0.717) is 11.1 Å². The molecule has 0 spiro atoms. The standard InChI is InChI=1S/C36H56O6/c1-11-15-16-26(12-2)25-42-31(37)36(39,32(40-13-3)41-14-4)35(38,29-21-17-27(18-22-29)33(5,6)7)30-23-19-28(20-24-30)34(8,9)10/h17-24,26,32,38-39H,11-16,25H2,1-10H3. The molecule has 0 aliphatic heterocycles. The van der Waals surface area contributed by atoms with Gasteiger partial charge in [-0.15, -0.1) is 0 Å². The van der Waals surface area contributed by atoms with Gasteiger partial charge in [-0.2, -0.15) is 0 Å². The minimum Gasteiger partial charge on any atom is -0.463 e. The highest BCUT2D eigenvalue weighted by molar-refractivity contribution is 5.83. The molecule has 6 heteroatoms. The Morgan fingerprint density at radius 3 is 1.45 bits per heavy atom. The van der Waals surface area contributed by atoms with Crippen LogP contribution in [0, 0.1) is 5.92 Å². The second-order valence-electron chi connectivity index (χ2n) is 13.4. The lowest BCUT2D eigenvalue weighted by Crippen LogP contribution is -2.66. The SMILES string of the molecule is CCCCC(CC)COC(=O)C(O)(C(OCC)OCC)C(O)(c1ccc(C(C)(C)C)cc1)c1ccc(C(C)(C)C)cc1. The van der Waals surface area contributed by atoms with Crippen molar-refractivity contribution in [3.8, 4) is 0 Å². The molecule has 2 aromatic carbocycles. The summed E-state index contributed by atoms with van der Waals surface area (Å²) < 4.78 is 17.6. The zero-order valence-electron chi connectivity index (χ0n) is 27.8. The Bertz CT molecular complexity index is 1030. The van der Waals surface area contributed by atoms with Gasteiger partial charge in [-0.25, -0.2) is 4.79 Å². The summed E-state index contributed by atoms with van der Waals surface area (Å²) in [6, 6.07) is 14.7. The molecule has 0 bridgehead atoms. The van der Waals surface area contributed by atoms with E-state index in [1.807, 2.05) is 24.3 Å². The number of esters is 1. The highest BCUT2D eigenvalue weighted by Gasteiger charge is 2.64. The van der Waals surface area contributed by atoms with Crippen molar-refractivity contribution in [2.75, 3.05) is 19.8 Å². The van der Waals surface area contributed by atoms with E-state index in [1.165, 1.54) is 0 Å². The summed E-state index contributed by atoms with van der Waals surface area (Å²) in [6.45, 7) is 20.8.